The van der Waals surface area contributed by atoms with E-state index in [4.69, 9.17) is 28.7 Å². The fourth-order valence-corrected chi connectivity index (χ4v) is 5.95. The zero-order valence-corrected chi connectivity index (χ0v) is 32.0. The highest BCUT2D eigenvalue weighted by Crippen LogP contribution is 2.32. The van der Waals surface area contributed by atoms with E-state index in [0.29, 0.717) is 37.9 Å². The Morgan fingerprint density at radius 1 is 0.623 bits per heavy atom. The van der Waals surface area contributed by atoms with Gasteiger partial charge in [-0.2, -0.15) is 0 Å². The fraction of sp³-hybridized carbons (Fsp3) is 0.341. The van der Waals surface area contributed by atoms with E-state index in [0.717, 1.165) is 55.8 Å². The summed E-state index contributed by atoms with van der Waals surface area (Å²) in [5.74, 6) is 1.90. The van der Waals surface area contributed by atoms with Crippen molar-refractivity contribution in [3.63, 3.8) is 0 Å². The third kappa shape index (κ3) is 12.3. The summed E-state index contributed by atoms with van der Waals surface area (Å²) in [4.78, 5) is 33.3. The molecule has 2 heterocycles. The van der Waals surface area contributed by atoms with Gasteiger partial charge in [0, 0.05) is 43.4 Å². The van der Waals surface area contributed by atoms with Gasteiger partial charge in [-0.25, -0.2) is 0 Å². The maximum absolute atomic E-state index is 11.2. The third-order valence-corrected chi connectivity index (χ3v) is 8.74. The monoisotopic (exact) mass is 718 g/mol. The molecule has 53 heavy (non-hydrogen) atoms. The maximum atomic E-state index is 11.2. The third-order valence-electron chi connectivity index (χ3n) is 8.74. The molecule has 0 atom stereocenters. The van der Waals surface area contributed by atoms with Crippen molar-refractivity contribution in [3.8, 4) is 11.5 Å². The summed E-state index contributed by atoms with van der Waals surface area (Å²) in [7, 11) is -2.21. The van der Waals surface area contributed by atoms with Crippen LogP contribution in [-0.2, 0) is 43.0 Å². The molecule has 0 aliphatic carbocycles. The van der Waals surface area contributed by atoms with Gasteiger partial charge in [-0.15, -0.1) is 0 Å². The number of carbonyl (C=O) groups excluding carboxylic acids is 3. The van der Waals surface area contributed by atoms with E-state index < -0.39 is 14.2 Å². The first kappa shape index (κ1) is 41.3. The molecule has 0 aromatic heterocycles. The van der Waals surface area contributed by atoms with E-state index in [1.807, 2.05) is 80.6 Å². The number of Topliss-reactive ketones (excluding diaryl/α,β-unsaturated/α-hetero) is 3. The van der Waals surface area contributed by atoms with Crippen molar-refractivity contribution in [1.82, 2.24) is 0 Å². The molecule has 1 fully saturated rings. The van der Waals surface area contributed by atoms with E-state index >= 15 is 0 Å². The van der Waals surface area contributed by atoms with Crippen LogP contribution in [-0.4, -0.2) is 62.0 Å². The SMILES string of the molecule is CC(=O)Cc1ccc(C)c(B(O)O)c1.CC(=O)Cc1ccc(C)c(B2OCC(C)(C)CO2)c1.CC(=O)Cc1ccc(C)c(B2Oc3ccccc3O2)c1. The van der Waals surface area contributed by atoms with Crippen LogP contribution in [0.4, 0.5) is 0 Å². The van der Waals surface area contributed by atoms with E-state index in [1.165, 1.54) is 6.92 Å². The second kappa shape index (κ2) is 18.5. The number of benzene rings is 4. The van der Waals surface area contributed by atoms with E-state index in [2.05, 4.69) is 13.8 Å². The molecule has 2 aliphatic rings. The number of rotatable bonds is 9. The van der Waals surface area contributed by atoms with Crippen LogP contribution in [0, 0.1) is 26.2 Å². The van der Waals surface area contributed by atoms with Gasteiger partial charge in [0.1, 0.15) is 28.8 Å². The normalized spacial score (nSPS) is 14.0. The summed E-state index contributed by atoms with van der Waals surface area (Å²) < 4.78 is 23.3. The Morgan fingerprint density at radius 3 is 1.43 bits per heavy atom. The second-order valence-corrected chi connectivity index (χ2v) is 14.7. The largest absolute Gasteiger partial charge is 0.633 e. The molecule has 2 N–H and O–H groups in total. The van der Waals surface area contributed by atoms with Crippen LogP contribution in [0.25, 0.3) is 0 Å². The quantitative estimate of drug-likeness (QED) is 0.247. The Bertz CT molecular complexity index is 1890. The number of aryl methyl sites for hydroxylation is 3. The molecule has 0 radical (unpaired) electrons. The van der Waals surface area contributed by atoms with Crippen molar-refractivity contribution in [3.05, 3.63) is 112 Å². The highest BCUT2D eigenvalue weighted by molar-refractivity contribution is 6.64. The highest BCUT2D eigenvalue weighted by Gasteiger charge is 2.36. The lowest BCUT2D eigenvalue weighted by Crippen LogP contribution is -2.48. The molecule has 9 nitrogen and oxygen atoms in total. The first-order chi connectivity index (χ1) is 25.0. The van der Waals surface area contributed by atoms with Crippen LogP contribution in [0.3, 0.4) is 0 Å². The Labute approximate surface area is 314 Å². The molecular weight excluding hydrogens is 669 g/mol. The molecule has 0 unspecified atom stereocenters. The van der Waals surface area contributed by atoms with Crippen LogP contribution in [0.15, 0.2) is 78.9 Å². The van der Waals surface area contributed by atoms with Crippen molar-refractivity contribution < 1.29 is 43.0 Å². The molecule has 1 saturated heterocycles. The van der Waals surface area contributed by atoms with Gasteiger partial charge in [-0.3, -0.25) is 14.4 Å². The van der Waals surface area contributed by atoms with Crippen LogP contribution in [0.2, 0.25) is 0 Å². The van der Waals surface area contributed by atoms with E-state index in [1.54, 1.807) is 32.9 Å². The summed E-state index contributed by atoms with van der Waals surface area (Å²) in [6.07, 6.45) is 1.23. The second-order valence-electron chi connectivity index (χ2n) is 14.7. The number of fused-ring (bicyclic) bond motifs is 1. The number of para-hydroxylation sites is 2. The van der Waals surface area contributed by atoms with Crippen molar-refractivity contribution in [1.29, 1.82) is 0 Å². The van der Waals surface area contributed by atoms with Crippen molar-refractivity contribution >= 4 is 55.1 Å². The van der Waals surface area contributed by atoms with Gasteiger partial charge in [0.25, 0.3) is 0 Å². The highest BCUT2D eigenvalue weighted by atomic mass is 16.6. The Kier molecular flexibility index (Phi) is 14.4. The lowest BCUT2D eigenvalue weighted by molar-refractivity contribution is -0.117. The Hall–Kier alpha value is -4.48. The molecule has 12 heteroatoms. The van der Waals surface area contributed by atoms with Gasteiger partial charge in [-0.05, 0) is 86.9 Å². The Balaban J connectivity index is 0.000000181. The van der Waals surface area contributed by atoms with Crippen molar-refractivity contribution in [2.45, 2.75) is 74.7 Å². The first-order valence-electron chi connectivity index (χ1n) is 17.8. The molecule has 2 aliphatic heterocycles. The fourth-order valence-electron chi connectivity index (χ4n) is 5.95. The molecule has 6 rings (SSSR count). The van der Waals surface area contributed by atoms with Crippen LogP contribution >= 0.6 is 0 Å². The van der Waals surface area contributed by atoms with Crippen molar-refractivity contribution in [2.75, 3.05) is 13.2 Å². The van der Waals surface area contributed by atoms with Gasteiger partial charge < -0.3 is 28.7 Å². The molecule has 0 amide bonds. The summed E-state index contributed by atoms with van der Waals surface area (Å²) >= 11 is 0. The number of carbonyl (C=O) groups is 3. The summed E-state index contributed by atoms with van der Waals surface area (Å²) in [5, 5.41) is 18.1. The number of hydrogen-bond donors (Lipinski definition) is 2. The smallest absolute Gasteiger partial charge is 0.519 e. The van der Waals surface area contributed by atoms with E-state index in [9.17, 15) is 14.4 Å². The average molecular weight is 718 g/mol. The van der Waals surface area contributed by atoms with Crippen molar-refractivity contribution in [2.24, 2.45) is 5.41 Å². The van der Waals surface area contributed by atoms with Gasteiger partial charge in [0.15, 0.2) is 0 Å². The molecular formula is C41H49B3O9. The van der Waals surface area contributed by atoms with Gasteiger partial charge >= 0.3 is 21.4 Å². The average Bonchev–Trinajstić information content (AvgIpc) is 3.52. The minimum Gasteiger partial charge on any atom is -0.519 e. The van der Waals surface area contributed by atoms with Gasteiger partial charge in [0.05, 0.1) is 0 Å². The van der Waals surface area contributed by atoms with Crippen LogP contribution in [0.1, 0.15) is 68.0 Å². The molecule has 276 valence electrons. The molecule has 0 saturated carbocycles. The molecule has 0 bridgehead atoms. The molecule has 0 spiro atoms. The zero-order chi connectivity index (χ0) is 38.9. The maximum Gasteiger partial charge on any atom is 0.633 e. The van der Waals surface area contributed by atoms with Gasteiger partial charge in [0.2, 0.25) is 0 Å². The lowest BCUT2D eigenvalue weighted by atomic mass is 9.73. The predicted molar refractivity (Wildman–Crippen MR) is 211 cm³/mol. The standard InChI is InChI=1S/C16H15BO3.C15H21BO3.C10H13BO3/c1-11-7-8-13(9-12(2)18)10-14(11)17-19-15-5-3-4-6-16(15)20-17;1-11-5-6-13(7-12(2)17)8-14(11)16-18-9-15(3,4)10-19-16;1-7-3-4-9(5-8(2)12)6-10(7)11(13)14/h3-8,10H,9H2,1-2H3;5-6,8H,7,9-10H2,1-4H3;3-4,6,13-14H,5H2,1-2H3. The minimum atomic E-state index is -1.47. The summed E-state index contributed by atoms with van der Waals surface area (Å²) in [6, 6.07) is 24.9. The first-order valence-corrected chi connectivity index (χ1v) is 17.8. The summed E-state index contributed by atoms with van der Waals surface area (Å²) in [6.45, 7) is 16.2. The zero-order valence-electron chi connectivity index (χ0n) is 32.0. The number of hydrogen-bond acceptors (Lipinski definition) is 9. The number of ketones is 3. The van der Waals surface area contributed by atoms with Gasteiger partial charge in [-0.1, -0.05) is 91.7 Å². The van der Waals surface area contributed by atoms with Crippen LogP contribution in [0.5, 0.6) is 11.5 Å². The topological polar surface area (TPSA) is 129 Å². The Morgan fingerprint density at radius 2 is 1.02 bits per heavy atom. The summed E-state index contributed by atoms with van der Waals surface area (Å²) in [5.41, 5.74) is 8.40. The molecule has 4 aromatic rings. The van der Waals surface area contributed by atoms with Crippen LogP contribution < -0.4 is 25.7 Å². The van der Waals surface area contributed by atoms with E-state index in [-0.39, 0.29) is 29.9 Å². The molecule has 4 aromatic carbocycles. The minimum absolute atomic E-state index is 0.0623. The predicted octanol–water partition coefficient (Wildman–Crippen LogP) is 3.99. The lowest BCUT2D eigenvalue weighted by Gasteiger charge is -2.33.